The minimum Gasteiger partial charge on any atom is -0.454 e. The number of amides is 1. The first-order valence-corrected chi connectivity index (χ1v) is 8.11. The third kappa shape index (κ3) is 3.48. The van der Waals surface area contributed by atoms with Gasteiger partial charge in [-0.1, -0.05) is 6.07 Å². The second-order valence-electron chi connectivity index (χ2n) is 5.73. The van der Waals surface area contributed by atoms with Crippen LogP contribution < -0.4 is 19.7 Å². The van der Waals surface area contributed by atoms with Gasteiger partial charge in [0.05, 0.1) is 13.2 Å². The Hall–Kier alpha value is -2.87. The molecule has 0 spiro atoms. The summed E-state index contributed by atoms with van der Waals surface area (Å²) in [5.41, 5.74) is 1.28. The Morgan fingerprint density at radius 1 is 1.12 bits per heavy atom. The van der Waals surface area contributed by atoms with E-state index in [2.05, 4.69) is 20.2 Å². The maximum absolute atomic E-state index is 12.4. The monoisotopic (exact) mass is 342 g/mol. The smallest absolute Gasteiger partial charge is 0.270 e. The maximum atomic E-state index is 12.4. The van der Waals surface area contributed by atoms with Gasteiger partial charge in [0, 0.05) is 25.7 Å². The van der Waals surface area contributed by atoms with Crippen molar-refractivity contribution in [1.82, 2.24) is 15.3 Å². The standard InChI is InChI=1S/C17H18N4O4/c22-17(18-9-12-1-2-14-15(7-12)25-11-24-14)13-8-16(20-10-19-13)21-3-5-23-6-4-21/h1-2,7-8,10H,3-6,9,11H2,(H,18,22). The predicted molar refractivity (Wildman–Crippen MR) is 88.8 cm³/mol. The van der Waals surface area contributed by atoms with E-state index in [0.717, 1.165) is 30.2 Å². The highest BCUT2D eigenvalue weighted by molar-refractivity contribution is 5.92. The molecule has 8 nitrogen and oxygen atoms in total. The highest BCUT2D eigenvalue weighted by atomic mass is 16.7. The Kier molecular flexibility index (Phi) is 4.34. The van der Waals surface area contributed by atoms with Gasteiger partial charge in [0.15, 0.2) is 11.5 Å². The van der Waals surface area contributed by atoms with Gasteiger partial charge in [-0.3, -0.25) is 4.79 Å². The van der Waals surface area contributed by atoms with Crippen LogP contribution in [0.1, 0.15) is 16.1 Å². The quantitative estimate of drug-likeness (QED) is 0.886. The van der Waals surface area contributed by atoms with Crippen molar-refractivity contribution in [3.63, 3.8) is 0 Å². The normalized spacial score (nSPS) is 15.9. The lowest BCUT2D eigenvalue weighted by molar-refractivity contribution is 0.0945. The lowest BCUT2D eigenvalue weighted by atomic mass is 10.2. The maximum Gasteiger partial charge on any atom is 0.270 e. The van der Waals surface area contributed by atoms with Crippen molar-refractivity contribution in [2.45, 2.75) is 6.54 Å². The molecule has 0 bridgehead atoms. The van der Waals surface area contributed by atoms with Crippen molar-refractivity contribution < 1.29 is 19.0 Å². The highest BCUT2D eigenvalue weighted by Gasteiger charge is 2.16. The van der Waals surface area contributed by atoms with Gasteiger partial charge in [0.1, 0.15) is 17.8 Å². The fourth-order valence-corrected chi connectivity index (χ4v) is 2.76. The van der Waals surface area contributed by atoms with Crippen LogP contribution >= 0.6 is 0 Å². The number of hydrogen-bond donors (Lipinski definition) is 1. The van der Waals surface area contributed by atoms with E-state index < -0.39 is 0 Å². The molecular weight excluding hydrogens is 324 g/mol. The molecule has 130 valence electrons. The van der Waals surface area contributed by atoms with Gasteiger partial charge < -0.3 is 24.4 Å². The third-order valence-electron chi connectivity index (χ3n) is 4.11. The summed E-state index contributed by atoms with van der Waals surface area (Å²) >= 11 is 0. The van der Waals surface area contributed by atoms with Gasteiger partial charge in [-0.25, -0.2) is 9.97 Å². The number of nitrogens with zero attached hydrogens (tertiary/aromatic N) is 3. The topological polar surface area (TPSA) is 85.8 Å². The van der Waals surface area contributed by atoms with Crippen LogP contribution in [-0.2, 0) is 11.3 Å². The predicted octanol–water partition coefficient (Wildman–Crippen LogP) is 0.972. The molecule has 3 heterocycles. The van der Waals surface area contributed by atoms with Crippen LogP contribution in [0.2, 0.25) is 0 Å². The summed E-state index contributed by atoms with van der Waals surface area (Å²) in [4.78, 5) is 22.8. The van der Waals surface area contributed by atoms with Gasteiger partial charge in [0.25, 0.3) is 5.91 Å². The molecular formula is C17H18N4O4. The van der Waals surface area contributed by atoms with Gasteiger partial charge in [-0.05, 0) is 17.7 Å². The van der Waals surface area contributed by atoms with Crippen LogP contribution in [0.25, 0.3) is 0 Å². The molecule has 1 N–H and O–H groups in total. The number of anilines is 1. The largest absolute Gasteiger partial charge is 0.454 e. The summed E-state index contributed by atoms with van der Waals surface area (Å²) in [6.07, 6.45) is 1.42. The SMILES string of the molecule is O=C(NCc1ccc2c(c1)OCO2)c1cc(N2CCOCC2)ncn1. The molecule has 1 amide bonds. The summed E-state index contributed by atoms with van der Waals surface area (Å²) < 4.78 is 16.0. The number of ether oxygens (including phenoxy) is 3. The number of carbonyl (C=O) groups excluding carboxylic acids is 1. The summed E-state index contributed by atoms with van der Waals surface area (Å²) in [6, 6.07) is 7.31. The van der Waals surface area contributed by atoms with E-state index in [-0.39, 0.29) is 12.7 Å². The van der Waals surface area contributed by atoms with E-state index in [1.54, 1.807) is 6.07 Å². The molecule has 1 fully saturated rings. The second-order valence-corrected chi connectivity index (χ2v) is 5.73. The lowest BCUT2D eigenvalue weighted by Gasteiger charge is -2.27. The lowest BCUT2D eigenvalue weighted by Crippen LogP contribution is -2.37. The zero-order valence-corrected chi connectivity index (χ0v) is 13.6. The number of carbonyl (C=O) groups is 1. The van der Waals surface area contributed by atoms with Crippen molar-refractivity contribution in [2.75, 3.05) is 38.0 Å². The molecule has 4 rings (SSSR count). The van der Waals surface area contributed by atoms with Gasteiger partial charge in [0.2, 0.25) is 6.79 Å². The first kappa shape index (κ1) is 15.6. The van der Waals surface area contributed by atoms with Crippen LogP contribution in [0.4, 0.5) is 5.82 Å². The zero-order chi connectivity index (χ0) is 17.1. The summed E-state index contributed by atoms with van der Waals surface area (Å²) in [5.74, 6) is 1.92. The average Bonchev–Trinajstić information content (AvgIpc) is 3.15. The van der Waals surface area contributed by atoms with E-state index >= 15 is 0 Å². The van der Waals surface area contributed by atoms with Crippen LogP contribution in [0.5, 0.6) is 11.5 Å². The van der Waals surface area contributed by atoms with E-state index in [1.165, 1.54) is 6.33 Å². The fourth-order valence-electron chi connectivity index (χ4n) is 2.76. The summed E-state index contributed by atoms with van der Waals surface area (Å²) in [6.45, 7) is 3.46. The van der Waals surface area contributed by atoms with Crippen molar-refractivity contribution in [2.24, 2.45) is 0 Å². The Bertz CT molecular complexity index is 777. The number of benzene rings is 1. The van der Waals surface area contributed by atoms with Crippen molar-refractivity contribution in [3.05, 3.63) is 41.9 Å². The summed E-state index contributed by atoms with van der Waals surface area (Å²) in [5, 5.41) is 2.87. The molecule has 25 heavy (non-hydrogen) atoms. The minimum atomic E-state index is -0.241. The molecule has 2 aliphatic heterocycles. The Labute approximate surface area is 144 Å². The number of fused-ring (bicyclic) bond motifs is 1. The second kappa shape index (κ2) is 6.94. The first-order chi connectivity index (χ1) is 12.3. The summed E-state index contributed by atoms with van der Waals surface area (Å²) in [7, 11) is 0. The average molecular weight is 342 g/mol. The molecule has 1 saturated heterocycles. The minimum absolute atomic E-state index is 0.233. The van der Waals surface area contributed by atoms with E-state index in [4.69, 9.17) is 14.2 Å². The van der Waals surface area contributed by atoms with Gasteiger partial charge in [-0.2, -0.15) is 0 Å². The Balaban J connectivity index is 1.41. The fraction of sp³-hybridized carbons (Fsp3) is 0.353. The first-order valence-electron chi connectivity index (χ1n) is 8.11. The molecule has 8 heteroatoms. The van der Waals surface area contributed by atoms with Crippen molar-refractivity contribution >= 4 is 11.7 Å². The number of hydrogen-bond acceptors (Lipinski definition) is 7. The van der Waals surface area contributed by atoms with Crippen LogP contribution in [0.3, 0.4) is 0 Å². The van der Waals surface area contributed by atoms with Crippen molar-refractivity contribution in [1.29, 1.82) is 0 Å². The van der Waals surface area contributed by atoms with E-state index in [1.807, 2.05) is 18.2 Å². The Morgan fingerprint density at radius 3 is 2.84 bits per heavy atom. The molecule has 0 aliphatic carbocycles. The number of rotatable bonds is 4. The third-order valence-corrected chi connectivity index (χ3v) is 4.11. The van der Waals surface area contributed by atoms with Crippen LogP contribution in [-0.4, -0.2) is 49.0 Å². The molecule has 1 aromatic carbocycles. The van der Waals surface area contributed by atoms with Crippen molar-refractivity contribution in [3.8, 4) is 11.5 Å². The van der Waals surface area contributed by atoms with Crippen LogP contribution in [0.15, 0.2) is 30.6 Å². The Morgan fingerprint density at radius 2 is 1.96 bits per heavy atom. The van der Waals surface area contributed by atoms with E-state index in [9.17, 15) is 4.79 Å². The van der Waals surface area contributed by atoms with E-state index in [0.29, 0.717) is 31.2 Å². The number of morpholine rings is 1. The molecule has 2 aromatic rings. The highest BCUT2D eigenvalue weighted by Crippen LogP contribution is 2.32. The number of aromatic nitrogens is 2. The molecule has 1 aromatic heterocycles. The molecule has 0 radical (unpaired) electrons. The molecule has 0 saturated carbocycles. The molecule has 0 unspecified atom stereocenters. The van der Waals surface area contributed by atoms with Gasteiger partial charge in [-0.15, -0.1) is 0 Å². The van der Waals surface area contributed by atoms with Gasteiger partial charge >= 0.3 is 0 Å². The zero-order valence-electron chi connectivity index (χ0n) is 13.6. The molecule has 0 atom stereocenters. The molecule has 2 aliphatic rings. The number of nitrogens with one attached hydrogen (secondary N) is 1. The van der Waals surface area contributed by atoms with Crippen LogP contribution in [0, 0.1) is 0 Å².